The molecule has 0 heterocycles. The lowest BCUT2D eigenvalue weighted by Gasteiger charge is -2.39. The van der Waals surface area contributed by atoms with Crippen LogP contribution in [0.5, 0.6) is 0 Å². The summed E-state index contributed by atoms with van der Waals surface area (Å²) >= 11 is 0. The molecule has 0 N–H and O–H groups in total. The normalized spacial score (nSPS) is 16.2. The Balaban J connectivity index is 4.64. The molecule has 0 rings (SSSR count). The lowest BCUT2D eigenvalue weighted by atomic mass is 9.72. The van der Waals surface area contributed by atoms with E-state index >= 15 is 0 Å². The molecule has 0 aliphatic carbocycles. The molecule has 0 aromatic heterocycles. The second-order valence-corrected chi connectivity index (χ2v) is 8.90. The molecule has 0 aromatic rings. The molecule has 0 spiro atoms. The minimum Gasteiger partial charge on any atom is -0.375 e. The van der Waals surface area contributed by atoms with Crippen LogP contribution in [0.25, 0.3) is 0 Å². The molecule has 0 aliphatic rings. The zero-order chi connectivity index (χ0) is 14.8. The van der Waals surface area contributed by atoms with Gasteiger partial charge in [-0.15, -0.1) is 0 Å². The van der Waals surface area contributed by atoms with Crippen LogP contribution in [-0.2, 0) is 4.74 Å². The van der Waals surface area contributed by atoms with Crippen LogP contribution in [0.1, 0.15) is 75.7 Å². The maximum absolute atomic E-state index is 6.23. The molecule has 1 unspecified atom stereocenters. The van der Waals surface area contributed by atoms with Gasteiger partial charge in [-0.3, -0.25) is 0 Å². The molecule has 0 saturated heterocycles. The van der Waals surface area contributed by atoms with Gasteiger partial charge < -0.3 is 4.74 Å². The summed E-state index contributed by atoms with van der Waals surface area (Å²) in [6.07, 6.45) is 1.21. The van der Waals surface area contributed by atoms with E-state index in [1.165, 1.54) is 6.42 Å². The lowest BCUT2D eigenvalue weighted by molar-refractivity contribution is -0.0846. The molecule has 1 atom stereocenters. The average Bonchev–Trinajstić information content (AvgIpc) is 2.08. The average molecular weight is 256 g/mol. The minimum atomic E-state index is -0.0264. The van der Waals surface area contributed by atoms with Gasteiger partial charge in [0.15, 0.2) is 0 Å². The Labute approximate surface area is 116 Å². The zero-order valence-electron chi connectivity index (χ0n) is 14.5. The standard InChI is InChI=1S/C17H36O/c1-13(2)17(9,10)18-12-14(16(6,7)8)11-15(3,4)5/h13-14H,11-12H2,1-10H3. The zero-order valence-corrected chi connectivity index (χ0v) is 14.5. The summed E-state index contributed by atoms with van der Waals surface area (Å²) in [6, 6.07) is 0. The summed E-state index contributed by atoms with van der Waals surface area (Å²) < 4.78 is 6.23. The molecular formula is C17H36O. The number of rotatable bonds is 5. The van der Waals surface area contributed by atoms with Gasteiger partial charge >= 0.3 is 0 Å². The maximum Gasteiger partial charge on any atom is 0.0649 e. The van der Waals surface area contributed by atoms with Crippen molar-refractivity contribution >= 4 is 0 Å². The number of ether oxygens (including phenoxy) is 1. The third-order valence-electron chi connectivity index (χ3n) is 4.13. The lowest BCUT2D eigenvalue weighted by Crippen LogP contribution is -2.37. The Morgan fingerprint density at radius 3 is 1.56 bits per heavy atom. The Morgan fingerprint density at radius 1 is 0.833 bits per heavy atom. The van der Waals surface area contributed by atoms with Crippen LogP contribution in [0.3, 0.4) is 0 Å². The van der Waals surface area contributed by atoms with Gasteiger partial charge in [-0.05, 0) is 42.9 Å². The quantitative estimate of drug-likeness (QED) is 0.628. The number of hydrogen-bond acceptors (Lipinski definition) is 1. The third-order valence-corrected chi connectivity index (χ3v) is 4.13. The maximum atomic E-state index is 6.23. The largest absolute Gasteiger partial charge is 0.375 e. The number of hydrogen-bond donors (Lipinski definition) is 0. The first-order valence-electron chi connectivity index (χ1n) is 7.39. The first-order valence-corrected chi connectivity index (χ1v) is 7.39. The highest BCUT2D eigenvalue weighted by Gasteiger charge is 2.32. The molecule has 1 heteroatoms. The second kappa shape index (κ2) is 5.94. The molecule has 0 bridgehead atoms. The summed E-state index contributed by atoms with van der Waals surface area (Å²) in [5, 5.41) is 0. The van der Waals surface area contributed by atoms with Crippen molar-refractivity contribution in [3.63, 3.8) is 0 Å². The predicted octanol–water partition coefficient (Wildman–Crippen LogP) is 5.54. The van der Waals surface area contributed by atoms with Gasteiger partial charge in [-0.25, -0.2) is 0 Å². The highest BCUT2D eigenvalue weighted by molar-refractivity contribution is 4.81. The van der Waals surface area contributed by atoms with Crippen molar-refractivity contribution in [1.29, 1.82) is 0 Å². The summed E-state index contributed by atoms with van der Waals surface area (Å²) in [5.41, 5.74) is 0.644. The van der Waals surface area contributed by atoms with Gasteiger partial charge in [0.1, 0.15) is 0 Å². The third kappa shape index (κ3) is 6.78. The Morgan fingerprint density at radius 2 is 1.28 bits per heavy atom. The monoisotopic (exact) mass is 256 g/mol. The second-order valence-electron chi connectivity index (χ2n) is 8.90. The van der Waals surface area contributed by atoms with Crippen LogP contribution in [0, 0.1) is 22.7 Å². The van der Waals surface area contributed by atoms with E-state index in [9.17, 15) is 0 Å². The first kappa shape index (κ1) is 18.0. The van der Waals surface area contributed by atoms with Crippen LogP contribution in [0.15, 0.2) is 0 Å². The van der Waals surface area contributed by atoms with E-state index in [4.69, 9.17) is 4.74 Å². The van der Waals surface area contributed by atoms with Gasteiger partial charge in [0.25, 0.3) is 0 Å². The van der Waals surface area contributed by atoms with Crippen molar-refractivity contribution in [2.75, 3.05) is 6.61 Å². The van der Waals surface area contributed by atoms with Crippen molar-refractivity contribution in [3.05, 3.63) is 0 Å². The van der Waals surface area contributed by atoms with Crippen LogP contribution < -0.4 is 0 Å². The van der Waals surface area contributed by atoms with Crippen LogP contribution in [0.4, 0.5) is 0 Å². The van der Waals surface area contributed by atoms with Crippen molar-refractivity contribution in [2.24, 2.45) is 22.7 Å². The van der Waals surface area contributed by atoms with E-state index in [-0.39, 0.29) is 5.60 Å². The fraction of sp³-hybridized carbons (Fsp3) is 1.00. The minimum absolute atomic E-state index is 0.0264. The highest BCUT2D eigenvalue weighted by atomic mass is 16.5. The molecular weight excluding hydrogens is 220 g/mol. The molecule has 0 aliphatic heterocycles. The van der Waals surface area contributed by atoms with Crippen molar-refractivity contribution in [1.82, 2.24) is 0 Å². The van der Waals surface area contributed by atoms with Crippen LogP contribution >= 0.6 is 0 Å². The van der Waals surface area contributed by atoms with Gasteiger partial charge in [0.2, 0.25) is 0 Å². The molecule has 18 heavy (non-hydrogen) atoms. The summed E-state index contributed by atoms with van der Waals surface area (Å²) in [6.45, 7) is 23.7. The van der Waals surface area contributed by atoms with Gasteiger partial charge in [-0.1, -0.05) is 55.4 Å². The smallest absolute Gasteiger partial charge is 0.0649 e. The van der Waals surface area contributed by atoms with Crippen LogP contribution in [0.2, 0.25) is 0 Å². The summed E-state index contributed by atoms with van der Waals surface area (Å²) in [7, 11) is 0. The van der Waals surface area contributed by atoms with Gasteiger partial charge in [0.05, 0.1) is 12.2 Å². The van der Waals surface area contributed by atoms with Gasteiger partial charge in [0, 0.05) is 0 Å². The van der Waals surface area contributed by atoms with E-state index in [1.807, 2.05) is 0 Å². The van der Waals surface area contributed by atoms with Crippen molar-refractivity contribution in [3.8, 4) is 0 Å². The molecule has 0 aromatic carbocycles. The SMILES string of the molecule is CC(C)C(C)(C)OCC(CC(C)(C)C)C(C)(C)C. The molecule has 110 valence electrons. The Kier molecular flexibility index (Phi) is 5.93. The highest BCUT2D eigenvalue weighted by Crippen LogP contribution is 2.37. The molecule has 0 saturated carbocycles. The molecule has 0 radical (unpaired) electrons. The summed E-state index contributed by atoms with van der Waals surface area (Å²) in [4.78, 5) is 0. The topological polar surface area (TPSA) is 9.23 Å². The molecule has 0 fully saturated rings. The fourth-order valence-corrected chi connectivity index (χ4v) is 1.84. The first-order chi connectivity index (χ1) is 7.76. The van der Waals surface area contributed by atoms with Crippen LogP contribution in [-0.4, -0.2) is 12.2 Å². The van der Waals surface area contributed by atoms with E-state index in [0.29, 0.717) is 22.7 Å². The van der Waals surface area contributed by atoms with Gasteiger partial charge in [-0.2, -0.15) is 0 Å². The van der Waals surface area contributed by atoms with E-state index in [1.54, 1.807) is 0 Å². The summed E-state index contributed by atoms with van der Waals surface area (Å²) in [5.74, 6) is 1.16. The molecule has 1 nitrogen and oxygen atoms in total. The fourth-order valence-electron chi connectivity index (χ4n) is 1.84. The van der Waals surface area contributed by atoms with Crippen molar-refractivity contribution in [2.45, 2.75) is 81.3 Å². The Hall–Kier alpha value is -0.0400. The predicted molar refractivity (Wildman–Crippen MR) is 81.9 cm³/mol. The Bertz CT molecular complexity index is 237. The van der Waals surface area contributed by atoms with E-state index in [0.717, 1.165) is 6.61 Å². The van der Waals surface area contributed by atoms with E-state index < -0.39 is 0 Å². The molecule has 0 amide bonds. The van der Waals surface area contributed by atoms with Crippen molar-refractivity contribution < 1.29 is 4.74 Å². The van der Waals surface area contributed by atoms with E-state index in [2.05, 4.69) is 69.2 Å².